The lowest BCUT2D eigenvalue weighted by Crippen LogP contribution is -2.12. The van der Waals surface area contributed by atoms with Crippen LogP contribution in [0.5, 0.6) is 5.95 Å². The van der Waals surface area contributed by atoms with Gasteiger partial charge in [0.2, 0.25) is 0 Å². The van der Waals surface area contributed by atoms with Gasteiger partial charge in [0.25, 0.3) is 5.95 Å². The summed E-state index contributed by atoms with van der Waals surface area (Å²) in [6, 6.07) is 0. The maximum atomic E-state index is 12.3. The summed E-state index contributed by atoms with van der Waals surface area (Å²) in [6.07, 6.45) is 9.54. The Kier molecular flexibility index (Phi) is 7.69. The molecule has 1 aromatic heterocycles. The van der Waals surface area contributed by atoms with E-state index in [1.165, 1.54) is 18.3 Å². The average Bonchev–Trinajstić information content (AvgIpc) is 2.52. The van der Waals surface area contributed by atoms with Gasteiger partial charge in [-0.2, -0.15) is 0 Å². The van der Waals surface area contributed by atoms with Crippen LogP contribution in [0.3, 0.4) is 0 Å². The highest BCUT2D eigenvalue weighted by molar-refractivity contribution is 5.65. The van der Waals surface area contributed by atoms with Crippen molar-refractivity contribution in [2.45, 2.75) is 54.9 Å². The fraction of sp³-hybridized carbons (Fsp3) is 0.409. The van der Waals surface area contributed by atoms with Crippen LogP contribution in [0, 0.1) is 13.8 Å². The van der Waals surface area contributed by atoms with E-state index >= 15 is 0 Å². The Morgan fingerprint density at radius 2 is 1.52 bits per heavy atom. The molecular weight excluding hydrogens is 312 g/mol. The fourth-order valence-electron chi connectivity index (χ4n) is 2.88. The fourth-order valence-corrected chi connectivity index (χ4v) is 2.88. The third kappa shape index (κ3) is 5.63. The summed E-state index contributed by atoms with van der Waals surface area (Å²) in [5, 5.41) is 0. The van der Waals surface area contributed by atoms with Crippen molar-refractivity contribution < 1.29 is 9.15 Å². The van der Waals surface area contributed by atoms with Crippen molar-refractivity contribution in [1.29, 1.82) is 0 Å². The molecule has 0 fully saturated rings. The average molecular weight is 342 g/mol. The predicted molar refractivity (Wildman–Crippen MR) is 106 cm³/mol. The lowest BCUT2D eigenvalue weighted by atomic mass is 10.0. The molecule has 0 aliphatic rings. The van der Waals surface area contributed by atoms with E-state index in [0.29, 0.717) is 16.9 Å². The van der Waals surface area contributed by atoms with E-state index in [-0.39, 0.29) is 11.4 Å². The van der Waals surface area contributed by atoms with E-state index in [0.717, 1.165) is 17.6 Å². The maximum absolute atomic E-state index is 12.3. The number of ether oxygens (including phenoxy) is 1. The molecule has 3 nitrogen and oxygen atoms in total. The molecule has 0 unspecified atom stereocenters. The number of rotatable bonds is 6. The zero-order valence-corrected chi connectivity index (χ0v) is 16.7. The summed E-state index contributed by atoms with van der Waals surface area (Å²) in [6.45, 7) is 13.8. The molecule has 0 bridgehead atoms. The van der Waals surface area contributed by atoms with Crippen LogP contribution in [0.4, 0.5) is 0 Å². The molecule has 0 radical (unpaired) electrons. The van der Waals surface area contributed by atoms with Crippen molar-refractivity contribution in [3.63, 3.8) is 0 Å². The number of allylic oxidation sites excluding steroid dienone is 8. The first kappa shape index (κ1) is 20.8. The maximum Gasteiger partial charge on any atom is 0.291 e. The van der Waals surface area contributed by atoms with Gasteiger partial charge in [0, 0.05) is 5.56 Å². The number of hydrogen-bond donors (Lipinski definition) is 0. The minimum Gasteiger partial charge on any atom is -0.468 e. The minimum atomic E-state index is -0.0381. The van der Waals surface area contributed by atoms with E-state index in [9.17, 15) is 4.79 Å². The van der Waals surface area contributed by atoms with E-state index in [4.69, 9.17) is 9.15 Å². The zero-order valence-electron chi connectivity index (χ0n) is 16.7. The van der Waals surface area contributed by atoms with Gasteiger partial charge in [0.05, 0.1) is 12.7 Å². The first-order valence-corrected chi connectivity index (χ1v) is 8.61. The van der Waals surface area contributed by atoms with Crippen LogP contribution < -0.4 is 10.2 Å². The van der Waals surface area contributed by atoms with Crippen LogP contribution in [-0.2, 0) is 0 Å². The molecule has 0 spiro atoms. The predicted octanol–water partition coefficient (Wildman–Crippen LogP) is 5.92. The summed E-state index contributed by atoms with van der Waals surface area (Å²) < 4.78 is 11.0. The molecular formula is C22H30O3. The lowest BCUT2D eigenvalue weighted by Gasteiger charge is -2.10. The van der Waals surface area contributed by atoms with Crippen molar-refractivity contribution in [3.8, 4) is 5.95 Å². The van der Waals surface area contributed by atoms with E-state index in [1.807, 2.05) is 19.9 Å². The second-order valence-corrected chi connectivity index (χ2v) is 6.46. The molecule has 1 aromatic rings. The standard InChI is InChI=1S/C22H30O3/c1-9-10-14(2)11-15(3)12-16(4)13-17(5)21-18(6)20(23)19(7)22(24-8)25-21/h10-13H,9H2,1-8H3/b14-10+,15-11-,16-12-,17-13-. The van der Waals surface area contributed by atoms with E-state index in [2.05, 4.69) is 39.0 Å². The third-order valence-electron chi connectivity index (χ3n) is 3.95. The second kappa shape index (κ2) is 9.26. The summed E-state index contributed by atoms with van der Waals surface area (Å²) >= 11 is 0. The molecule has 0 atom stereocenters. The summed E-state index contributed by atoms with van der Waals surface area (Å²) in [5.41, 5.74) is 5.50. The molecule has 1 rings (SSSR count). The molecule has 0 N–H and O–H groups in total. The molecule has 0 saturated carbocycles. The van der Waals surface area contributed by atoms with Gasteiger partial charge in [-0.25, -0.2) is 0 Å². The quantitative estimate of drug-likeness (QED) is 0.603. The molecule has 136 valence electrons. The topological polar surface area (TPSA) is 39.4 Å². The molecule has 0 saturated heterocycles. The highest BCUT2D eigenvalue weighted by atomic mass is 16.6. The van der Waals surface area contributed by atoms with Crippen LogP contribution in [0.2, 0.25) is 0 Å². The third-order valence-corrected chi connectivity index (χ3v) is 3.95. The van der Waals surface area contributed by atoms with Crippen LogP contribution in [0.15, 0.2) is 50.2 Å². The Balaban J connectivity index is 3.25. The lowest BCUT2D eigenvalue weighted by molar-refractivity contribution is 0.288. The van der Waals surface area contributed by atoms with Gasteiger partial charge in [0.15, 0.2) is 5.43 Å². The molecule has 3 heteroatoms. The summed E-state index contributed by atoms with van der Waals surface area (Å²) in [5.74, 6) is 0.847. The van der Waals surface area contributed by atoms with E-state index < -0.39 is 0 Å². The highest BCUT2D eigenvalue weighted by Crippen LogP contribution is 2.25. The van der Waals surface area contributed by atoms with Gasteiger partial charge in [-0.1, -0.05) is 47.9 Å². The van der Waals surface area contributed by atoms with Crippen molar-refractivity contribution in [2.75, 3.05) is 7.11 Å². The second-order valence-electron chi connectivity index (χ2n) is 6.46. The van der Waals surface area contributed by atoms with Gasteiger partial charge in [-0.15, -0.1) is 0 Å². The monoisotopic (exact) mass is 342 g/mol. The molecule has 0 aliphatic heterocycles. The van der Waals surface area contributed by atoms with Crippen LogP contribution >= 0.6 is 0 Å². The molecule has 0 amide bonds. The van der Waals surface area contributed by atoms with Crippen molar-refractivity contribution >= 4 is 5.57 Å². The highest BCUT2D eigenvalue weighted by Gasteiger charge is 2.15. The van der Waals surface area contributed by atoms with Crippen molar-refractivity contribution in [1.82, 2.24) is 0 Å². The summed E-state index contributed by atoms with van der Waals surface area (Å²) in [4.78, 5) is 12.3. The first-order chi connectivity index (χ1) is 11.7. The Bertz CT molecular complexity index is 799. The van der Waals surface area contributed by atoms with Crippen LogP contribution in [-0.4, -0.2) is 7.11 Å². The molecule has 0 aromatic carbocycles. The molecule has 0 aliphatic carbocycles. The minimum absolute atomic E-state index is 0.0381. The Morgan fingerprint density at radius 1 is 0.960 bits per heavy atom. The SMILES string of the molecule is CC/C=C(C)/C=C(C)\C=C(C)/C=C(/C)c1oc(OC)c(C)c(=O)c1C. The van der Waals surface area contributed by atoms with Gasteiger partial charge < -0.3 is 9.15 Å². The van der Waals surface area contributed by atoms with Gasteiger partial charge >= 0.3 is 0 Å². The number of hydrogen-bond acceptors (Lipinski definition) is 3. The molecule has 25 heavy (non-hydrogen) atoms. The zero-order chi connectivity index (χ0) is 19.1. The largest absolute Gasteiger partial charge is 0.468 e. The number of methoxy groups -OCH3 is 1. The smallest absolute Gasteiger partial charge is 0.291 e. The normalized spacial score (nSPS) is 14.1. The first-order valence-electron chi connectivity index (χ1n) is 8.61. The van der Waals surface area contributed by atoms with E-state index in [1.54, 1.807) is 13.8 Å². The Morgan fingerprint density at radius 3 is 2.08 bits per heavy atom. The van der Waals surface area contributed by atoms with Crippen LogP contribution in [0.1, 0.15) is 57.9 Å². The summed E-state index contributed by atoms with van der Waals surface area (Å²) in [7, 11) is 1.51. The molecule has 1 heterocycles. The Hall–Kier alpha value is -2.29. The van der Waals surface area contributed by atoms with Crippen molar-refractivity contribution in [3.05, 3.63) is 68.1 Å². The van der Waals surface area contributed by atoms with Crippen LogP contribution in [0.25, 0.3) is 5.57 Å². The van der Waals surface area contributed by atoms with Gasteiger partial charge in [-0.05, 0) is 53.5 Å². The Labute approximate surface area is 151 Å². The van der Waals surface area contributed by atoms with Gasteiger partial charge in [-0.3, -0.25) is 4.79 Å². The van der Waals surface area contributed by atoms with Crippen molar-refractivity contribution in [2.24, 2.45) is 0 Å². The van der Waals surface area contributed by atoms with Gasteiger partial charge in [0.1, 0.15) is 5.76 Å².